The number of hydrogen-bond donors (Lipinski definition) is 0. The van der Waals surface area contributed by atoms with Gasteiger partial charge < -0.3 is 4.90 Å². The largest absolute Gasteiger partial charge is 0.339 e. The van der Waals surface area contributed by atoms with E-state index in [0.29, 0.717) is 0 Å². The second-order valence-electron chi connectivity index (χ2n) is 3.12. The van der Waals surface area contributed by atoms with E-state index in [9.17, 15) is 0 Å². The highest BCUT2D eigenvalue weighted by atomic mass is 15.0. The van der Waals surface area contributed by atoms with Crippen LogP contribution in [0.25, 0.3) is 0 Å². The van der Waals surface area contributed by atoms with E-state index in [1.165, 1.54) is 6.42 Å². The predicted molar refractivity (Wildman–Crippen MR) is 45.5 cm³/mol. The molecule has 1 heteroatoms. The summed E-state index contributed by atoms with van der Waals surface area (Å²) in [5, 5.41) is 0. The van der Waals surface area contributed by atoms with E-state index in [-0.39, 0.29) is 0 Å². The molecule has 0 saturated heterocycles. The molecule has 0 radical (unpaired) electrons. The average Bonchev–Trinajstić information content (AvgIpc) is 1.79. The van der Waals surface area contributed by atoms with Crippen LogP contribution in [0.5, 0.6) is 0 Å². The van der Waals surface area contributed by atoms with Crippen molar-refractivity contribution >= 4 is 0 Å². The summed E-state index contributed by atoms with van der Waals surface area (Å²) in [5.41, 5.74) is 0. The first-order chi connectivity index (χ1) is 4.63. The molecule has 10 heavy (non-hydrogen) atoms. The van der Waals surface area contributed by atoms with Crippen molar-refractivity contribution in [1.82, 2.24) is 4.90 Å². The highest BCUT2D eigenvalue weighted by Gasteiger charge is 1.88. The van der Waals surface area contributed by atoms with Gasteiger partial charge in [-0.05, 0) is 12.3 Å². The van der Waals surface area contributed by atoms with Crippen LogP contribution in [0.4, 0.5) is 0 Å². The zero-order valence-corrected chi connectivity index (χ0v) is 7.44. The smallest absolute Gasteiger partial charge is 0.0144 e. The Kier molecular flexibility index (Phi) is 4.84. The van der Waals surface area contributed by atoms with Gasteiger partial charge in [0, 0.05) is 26.6 Å². The third-order valence-corrected chi connectivity index (χ3v) is 1.15. The van der Waals surface area contributed by atoms with Gasteiger partial charge in [0.15, 0.2) is 0 Å². The number of hydrogen-bond acceptors (Lipinski definition) is 1. The molecule has 1 nitrogen and oxygen atoms in total. The van der Waals surface area contributed by atoms with Crippen LogP contribution in [0.15, 0.2) is 0 Å². The molecule has 0 aliphatic heterocycles. The summed E-state index contributed by atoms with van der Waals surface area (Å²) in [6.45, 7) is 4.44. The van der Waals surface area contributed by atoms with Gasteiger partial charge in [0.2, 0.25) is 0 Å². The van der Waals surface area contributed by atoms with E-state index in [0.717, 1.165) is 12.3 Å². The topological polar surface area (TPSA) is 3.24 Å². The standard InChI is InChI=1S/C9H17N/c1-9(2)7-5-6-8-10(3)4/h9H,5,7H2,1-4H3. The second-order valence-corrected chi connectivity index (χ2v) is 3.12. The molecule has 0 aromatic carbocycles. The molecule has 0 unspecified atom stereocenters. The second kappa shape index (κ2) is 5.17. The minimum Gasteiger partial charge on any atom is -0.339 e. The molecule has 0 aromatic heterocycles. The van der Waals surface area contributed by atoms with Crippen molar-refractivity contribution in [2.45, 2.75) is 26.7 Å². The molecule has 0 spiro atoms. The maximum absolute atomic E-state index is 3.09. The molecule has 0 amide bonds. The Bertz CT molecular complexity index is 125. The zero-order valence-electron chi connectivity index (χ0n) is 7.44. The van der Waals surface area contributed by atoms with Gasteiger partial charge in [0.25, 0.3) is 0 Å². The van der Waals surface area contributed by atoms with E-state index < -0.39 is 0 Å². The fourth-order valence-corrected chi connectivity index (χ4v) is 0.575. The minimum absolute atomic E-state index is 0.775. The maximum Gasteiger partial charge on any atom is 0.0144 e. The molecular formula is C9H17N. The highest BCUT2D eigenvalue weighted by Crippen LogP contribution is 2.01. The van der Waals surface area contributed by atoms with Crippen molar-refractivity contribution < 1.29 is 0 Å². The van der Waals surface area contributed by atoms with Crippen LogP contribution in [-0.4, -0.2) is 19.0 Å². The average molecular weight is 139 g/mol. The first-order valence-electron chi connectivity index (χ1n) is 3.78. The number of rotatable bonds is 2. The van der Waals surface area contributed by atoms with Crippen LogP contribution in [0.1, 0.15) is 26.7 Å². The van der Waals surface area contributed by atoms with E-state index in [4.69, 9.17) is 0 Å². The van der Waals surface area contributed by atoms with Crippen LogP contribution in [-0.2, 0) is 0 Å². The summed E-state index contributed by atoms with van der Waals surface area (Å²) in [7, 11) is 3.92. The lowest BCUT2D eigenvalue weighted by Gasteiger charge is -1.99. The lowest BCUT2D eigenvalue weighted by atomic mass is 10.1. The van der Waals surface area contributed by atoms with Crippen molar-refractivity contribution in [3.8, 4) is 12.0 Å². The normalized spacial score (nSPS) is 8.90. The van der Waals surface area contributed by atoms with E-state index in [2.05, 4.69) is 25.8 Å². The van der Waals surface area contributed by atoms with Crippen LogP contribution in [0.3, 0.4) is 0 Å². The third-order valence-electron chi connectivity index (χ3n) is 1.15. The number of nitrogens with zero attached hydrogens (tertiary/aromatic N) is 1. The monoisotopic (exact) mass is 139 g/mol. The summed E-state index contributed by atoms with van der Waals surface area (Å²) in [5.74, 6) is 3.87. The highest BCUT2D eigenvalue weighted by molar-refractivity contribution is 4.96. The Morgan fingerprint density at radius 3 is 2.30 bits per heavy atom. The fraction of sp³-hybridized carbons (Fsp3) is 0.778. The van der Waals surface area contributed by atoms with Crippen LogP contribution < -0.4 is 0 Å². The van der Waals surface area contributed by atoms with Crippen LogP contribution in [0, 0.1) is 17.9 Å². The van der Waals surface area contributed by atoms with Gasteiger partial charge in [-0.25, -0.2) is 0 Å². The fourth-order valence-electron chi connectivity index (χ4n) is 0.575. The molecule has 0 bridgehead atoms. The van der Waals surface area contributed by atoms with Crippen LogP contribution in [0.2, 0.25) is 0 Å². The Balaban J connectivity index is 3.29. The van der Waals surface area contributed by atoms with Gasteiger partial charge in [-0.15, -0.1) is 0 Å². The molecule has 0 saturated carbocycles. The van der Waals surface area contributed by atoms with Crippen molar-refractivity contribution in [3.63, 3.8) is 0 Å². The van der Waals surface area contributed by atoms with E-state index in [1.54, 1.807) is 0 Å². The lowest BCUT2D eigenvalue weighted by Crippen LogP contribution is -2.00. The maximum atomic E-state index is 3.09. The van der Waals surface area contributed by atoms with Crippen molar-refractivity contribution in [2.24, 2.45) is 5.92 Å². The Labute approximate surface area is 64.4 Å². The summed E-state index contributed by atoms with van der Waals surface area (Å²) in [6.07, 6.45) is 2.23. The van der Waals surface area contributed by atoms with Gasteiger partial charge in [-0.3, -0.25) is 0 Å². The predicted octanol–water partition coefficient (Wildman–Crippen LogP) is 1.95. The molecule has 0 rings (SSSR count). The first kappa shape index (κ1) is 9.36. The Morgan fingerprint density at radius 2 is 1.90 bits per heavy atom. The Hall–Kier alpha value is -0.640. The molecule has 0 atom stereocenters. The van der Waals surface area contributed by atoms with Crippen molar-refractivity contribution in [2.75, 3.05) is 14.1 Å². The van der Waals surface area contributed by atoms with Crippen molar-refractivity contribution in [1.29, 1.82) is 0 Å². The van der Waals surface area contributed by atoms with Gasteiger partial charge in [-0.1, -0.05) is 19.8 Å². The first-order valence-corrected chi connectivity index (χ1v) is 3.78. The van der Waals surface area contributed by atoms with Crippen molar-refractivity contribution in [3.05, 3.63) is 0 Å². The zero-order chi connectivity index (χ0) is 7.98. The van der Waals surface area contributed by atoms with Gasteiger partial charge in [0.05, 0.1) is 0 Å². The molecule has 0 N–H and O–H groups in total. The molecule has 0 heterocycles. The third kappa shape index (κ3) is 7.36. The summed E-state index contributed by atoms with van der Waals surface area (Å²) >= 11 is 0. The molecular weight excluding hydrogens is 122 g/mol. The summed E-state index contributed by atoms with van der Waals surface area (Å²) in [4.78, 5) is 1.89. The quantitative estimate of drug-likeness (QED) is 0.417. The van der Waals surface area contributed by atoms with Gasteiger partial charge in [-0.2, -0.15) is 0 Å². The molecule has 0 fully saturated rings. The van der Waals surface area contributed by atoms with Gasteiger partial charge in [0.1, 0.15) is 0 Å². The molecule has 58 valence electrons. The molecule has 0 aliphatic rings. The summed E-state index contributed by atoms with van der Waals surface area (Å²) < 4.78 is 0. The van der Waals surface area contributed by atoms with E-state index in [1.807, 2.05) is 19.0 Å². The minimum atomic E-state index is 0.775. The van der Waals surface area contributed by atoms with Gasteiger partial charge >= 0.3 is 0 Å². The molecule has 0 aromatic rings. The summed E-state index contributed by atoms with van der Waals surface area (Å²) in [6, 6.07) is 2.98. The van der Waals surface area contributed by atoms with Crippen LogP contribution >= 0.6 is 0 Å². The van der Waals surface area contributed by atoms with E-state index >= 15 is 0 Å². The molecule has 0 aliphatic carbocycles. The SMILES string of the molecule is CC(C)CCC#CN(C)C. The lowest BCUT2D eigenvalue weighted by molar-refractivity contribution is 0.584. The Morgan fingerprint density at radius 1 is 1.30 bits per heavy atom.